The van der Waals surface area contributed by atoms with Crippen molar-refractivity contribution in [2.45, 2.75) is 31.9 Å². The molecule has 1 aromatic heterocycles. The zero-order valence-electron chi connectivity index (χ0n) is 11.3. The van der Waals surface area contributed by atoms with Crippen LogP contribution in [0.1, 0.15) is 35.8 Å². The molecule has 1 atom stereocenters. The molecule has 4 heteroatoms. The first-order valence-electron chi connectivity index (χ1n) is 6.66. The zero-order chi connectivity index (χ0) is 13.4. The van der Waals surface area contributed by atoms with Crippen molar-refractivity contribution in [2.24, 2.45) is 12.8 Å². The fourth-order valence-corrected chi connectivity index (χ4v) is 2.25. The van der Waals surface area contributed by atoms with E-state index in [1.165, 1.54) is 0 Å². The van der Waals surface area contributed by atoms with Crippen LogP contribution in [0.2, 0.25) is 0 Å². The van der Waals surface area contributed by atoms with Crippen molar-refractivity contribution in [3.05, 3.63) is 47.3 Å². The lowest BCUT2D eigenvalue weighted by Crippen LogP contribution is -2.16. The molecule has 1 aromatic carbocycles. The molecule has 1 unspecified atom stereocenters. The highest BCUT2D eigenvalue weighted by Crippen LogP contribution is 2.29. The van der Waals surface area contributed by atoms with Gasteiger partial charge in [0.25, 0.3) is 0 Å². The lowest BCUT2D eigenvalue weighted by molar-refractivity contribution is 0.303. The Morgan fingerprint density at radius 3 is 2.79 bits per heavy atom. The molecule has 1 saturated carbocycles. The van der Waals surface area contributed by atoms with Gasteiger partial charge in [-0.2, -0.15) is 5.10 Å². The van der Waals surface area contributed by atoms with E-state index >= 15 is 0 Å². The lowest BCUT2D eigenvalue weighted by atomic mass is 10.0. The molecular weight excluding hydrogens is 238 g/mol. The molecule has 2 aromatic rings. The molecule has 0 bridgehead atoms. The van der Waals surface area contributed by atoms with Crippen LogP contribution in [0.5, 0.6) is 5.75 Å². The number of hydrogen-bond acceptors (Lipinski definition) is 3. The van der Waals surface area contributed by atoms with Gasteiger partial charge in [0.05, 0.1) is 23.5 Å². The summed E-state index contributed by atoms with van der Waals surface area (Å²) >= 11 is 0. The minimum absolute atomic E-state index is 0.172. The number of ether oxygens (including phenoxy) is 1. The summed E-state index contributed by atoms with van der Waals surface area (Å²) < 4.78 is 7.65. The molecule has 19 heavy (non-hydrogen) atoms. The molecule has 100 valence electrons. The Morgan fingerprint density at radius 1 is 1.37 bits per heavy atom. The quantitative estimate of drug-likeness (QED) is 0.914. The van der Waals surface area contributed by atoms with Gasteiger partial charge in [-0.05, 0) is 43.5 Å². The van der Waals surface area contributed by atoms with Gasteiger partial charge < -0.3 is 10.5 Å². The molecule has 1 aliphatic rings. The van der Waals surface area contributed by atoms with Crippen LogP contribution in [-0.2, 0) is 7.05 Å². The van der Waals surface area contributed by atoms with Crippen LogP contribution in [0, 0.1) is 6.92 Å². The highest BCUT2D eigenvalue weighted by Gasteiger charge is 2.23. The smallest absolute Gasteiger partial charge is 0.120 e. The summed E-state index contributed by atoms with van der Waals surface area (Å²) in [5.74, 6) is 0.911. The van der Waals surface area contributed by atoms with Gasteiger partial charge in [-0.1, -0.05) is 12.1 Å². The van der Waals surface area contributed by atoms with Gasteiger partial charge in [-0.15, -0.1) is 0 Å². The maximum atomic E-state index is 6.33. The van der Waals surface area contributed by atoms with Gasteiger partial charge in [-0.3, -0.25) is 4.68 Å². The first kappa shape index (κ1) is 12.2. The Hall–Kier alpha value is -1.81. The second-order valence-corrected chi connectivity index (χ2v) is 5.20. The summed E-state index contributed by atoms with van der Waals surface area (Å²) in [5, 5.41) is 4.34. The fraction of sp³-hybridized carbons (Fsp3) is 0.400. The SMILES string of the molecule is Cc1cc(C(N)c2cccc(OC3CC3)c2)n(C)n1. The maximum absolute atomic E-state index is 6.33. The summed E-state index contributed by atoms with van der Waals surface area (Å²) in [6.07, 6.45) is 2.74. The average Bonchev–Trinajstić information content (AvgIpc) is 3.13. The van der Waals surface area contributed by atoms with E-state index in [1.54, 1.807) is 0 Å². The topological polar surface area (TPSA) is 53.1 Å². The van der Waals surface area contributed by atoms with E-state index in [9.17, 15) is 0 Å². The van der Waals surface area contributed by atoms with E-state index in [1.807, 2.05) is 49.0 Å². The Balaban J connectivity index is 1.85. The minimum atomic E-state index is -0.172. The van der Waals surface area contributed by atoms with E-state index in [2.05, 4.69) is 5.10 Å². The highest BCUT2D eigenvalue weighted by atomic mass is 16.5. The first-order valence-corrected chi connectivity index (χ1v) is 6.66. The molecular formula is C15H19N3O. The third-order valence-corrected chi connectivity index (χ3v) is 3.40. The van der Waals surface area contributed by atoms with Crippen molar-refractivity contribution in [1.82, 2.24) is 9.78 Å². The van der Waals surface area contributed by atoms with Crippen LogP contribution in [0.15, 0.2) is 30.3 Å². The number of aromatic nitrogens is 2. The monoisotopic (exact) mass is 257 g/mol. The molecule has 0 aliphatic heterocycles. The zero-order valence-corrected chi connectivity index (χ0v) is 11.3. The van der Waals surface area contributed by atoms with Gasteiger partial charge in [0, 0.05) is 7.05 Å². The van der Waals surface area contributed by atoms with Gasteiger partial charge in [0.15, 0.2) is 0 Å². The van der Waals surface area contributed by atoms with Crippen molar-refractivity contribution in [2.75, 3.05) is 0 Å². The average molecular weight is 257 g/mol. The van der Waals surface area contributed by atoms with Crippen LogP contribution >= 0.6 is 0 Å². The Morgan fingerprint density at radius 2 is 2.16 bits per heavy atom. The van der Waals surface area contributed by atoms with Gasteiger partial charge >= 0.3 is 0 Å². The second-order valence-electron chi connectivity index (χ2n) is 5.20. The van der Waals surface area contributed by atoms with Crippen molar-refractivity contribution in [3.8, 4) is 5.75 Å². The van der Waals surface area contributed by atoms with Crippen molar-refractivity contribution < 1.29 is 4.74 Å². The fourth-order valence-electron chi connectivity index (χ4n) is 2.25. The van der Waals surface area contributed by atoms with E-state index in [-0.39, 0.29) is 6.04 Å². The Kier molecular flexibility index (Phi) is 3.03. The number of nitrogens with zero attached hydrogens (tertiary/aromatic N) is 2. The first-order chi connectivity index (χ1) is 9.13. The number of nitrogens with two attached hydrogens (primary N) is 1. The van der Waals surface area contributed by atoms with Crippen molar-refractivity contribution in [1.29, 1.82) is 0 Å². The molecule has 0 radical (unpaired) electrons. The number of rotatable bonds is 4. The molecule has 1 heterocycles. The molecule has 4 nitrogen and oxygen atoms in total. The summed E-state index contributed by atoms with van der Waals surface area (Å²) in [6, 6.07) is 9.91. The summed E-state index contributed by atoms with van der Waals surface area (Å²) in [7, 11) is 1.92. The molecule has 2 N–H and O–H groups in total. The maximum Gasteiger partial charge on any atom is 0.120 e. The summed E-state index contributed by atoms with van der Waals surface area (Å²) in [5.41, 5.74) is 9.39. The molecule has 1 aliphatic carbocycles. The van der Waals surface area contributed by atoms with E-state index in [0.29, 0.717) is 6.10 Å². The molecule has 1 fully saturated rings. The summed E-state index contributed by atoms with van der Waals surface area (Å²) in [6.45, 7) is 1.98. The van der Waals surface area contributed by atoms with E-state index in [4.69, 9.17) is 10.5 Å². The van der Waals surface area contributed by atoms with E-state index < -0.39 is 0 Å². The predicted molar refractivity (Wildman–Crippen MR) is 74.1 cm³/mol. The standard InChI is InChI=1S/C15H19N3O/c1-10-8-14(18(2)17-10)15(16)11-4-3-5-13(9-11)19-12-6-7-12/h3-5,8-9,12,15H,6-7,16H2,1-2H3. The Bertz CT molecular complexity index is 587. The van der Waals surface area contributed by atoms with Crippen LogP contribution in [-0.4, -0.2) is 15.9 Å². The third-order valence-electron chi connectivity index (χ3n) is 3.40. The Labute approximate surface area is 113 Å². The van der Waals surface area contributed by atoms with Crippen LogP contribution in [0.25, 0.3) is 0 Å². The van der Waals surface area contributed by atoms with Crippen LogP contribution in [0.3, 0.4) is 0 Å². The third kappa shape index (κ3) is 2.63. The van der Waals surface area contributed by atoms with Crippen LogP contribution < -0.4 is 10.5 Å². The minimum Gasteiger partial charge on any atom is -0.490 e. The van der Waals surface area contributed by atoms with Gasteiger partial charge in [-0.25, -0.2) is 0 Å². The number of aryl methyl sites for hydroxylation is 2. The largest absolute Gasteiger partial charge is 0.490 e. The predicted octanol–water partition coefficient (Wildman–Crippen LogP) is 2.32. The number of benzene rings is 1. The van der Waals surface area contributed by atoms with E-state index in [0.717, 1.165) is 35.5 Å². The molecule has 0 spiro atoms. The summed E-state index contributed by atoms with van der Waals surface area (Å²) in [4.78, 5) is 0. The molecule has 0 saturated heterocycles. The highest BCUT2D eigenvalue weighted by molar-refractivity contribution is 5.35. The van der Waals surface area contributed by atoms with Crippen molar-refractivity contribution >= 4 is 0 Å². The molecule has 3 rings (SSSR count). The van der Waals surface area contributed by atoms with Crippen molar-refractivity contribution in [3.63, 3.8) is 0 Å². The second kappa shape index (κ2) is 4.70. The normalized spacial score (nSPS) is 16.4. The van der Waals surface area contributed by atoms with Gasteiger partial charge in [0.2, 0.25) is 0 Å². The van der Waals surface area contributed by atoms with Crippen LogP contribution in [0.4, 0.5) is 0 Å². The number of hydrogen-bond donors (Lipinski definition) is 1. The molecule has 0 amide bonds. The lowest BCUT2D eigenvalue weighted by Gasteiger charge is -2.14. The van der Waals surface area contributed by atoms with Gasteiger partial charge in [0.1, 0.15) is 5.75 Å².